The minimum Gasteiger partial charge on any atom is -0.466 e. The van der Waals surface area contributed by atoms with Crippen molar-refractivity contribution in [3.05, 3.63) is 34.6 Å². The number of benzene rings is 1. The highest BCUT2D eigenvalue weighted by Gasteiger charge is 2.40. The molecule has 0 spiro atoms. The lowest BCUT2D eigenvalue weighted by Gasteiger charge is -2.23. The van der Waals surface area contributed by atoms with Gasteiger partial charge in [0, 0.05) is 0 Å². The summed E-state index contributed by atoms with van der Waals surface area (Å²) in [5.41, 5.74) is 1.02. The van der Waals surface area contributed by atoms with Crippen molar-refractivity contribution in [1.29, 1.82) is 0 Å². The van der Waals surface area contributed by atoms with E-state index in [2.05, 4.69) is 0 Å². The standard InChI is InChI=1S/C14H17FO3/c1-3-18-13(16)8-14(17)5-4-11-9(2)6-10(15)7-12(11)14/h6-7,17H,3-5,8H2,1-2H3/t14-/m1/s1. The Bertz CT molecular complexity index is 484. The van der Waals surface area contributed by atoms with E-state index in [4.69, 9.17) is 4.74 Å². The molecular formula is C14H17FO3. The highest BCUT2D eigenvalue weighted by molar-refractivity contribution is 5.71. The van der Waals surface area contributed by atoms with Crippen LogP contribution in [0.2, 0.25) is 0 Å². The smallest absolute Gasteiger partial charge is 0.309 e. The summed E-state index contributed by atoms with van der Waals surface area (Å²) in [5, 5.41) is 10.5. The van der Waals surface area contributed by atoms with Gasteiger partial charge in [-0.3, -0.25) is 4.79 Å². The number of fused-ring (bicyclic) bond motifs is 1. The number of carbonyl (C=O) groups is 1. The van der Waals surface area contributed by atoms with E-state index in [0.717, 1.165) is 11.1 Å². The third-order valence-corrected chi connectivity index (χ3v) is 3.47. The first-order valence-electron chi connectivity index (χ1n) is 6.14. The molecule has 0 radical (unpaired) electrons. The largest absolute Gasteiger partial charge is 0.466 e. The summed E-state index contributed by atoms with van der Waals surface area (Å²) in [4.78, 5) is 11.5. The fourth-order valence-corrected chi connectivity index (χ4v) is 2.62. The monoisotopic (exact) mass is 252 g/mol. The molecule has 0 bridgehead atoms. The summed E-state index contributed by atoms with van der Waals surface area (Å²) in [6, 6.07) is 2.78. The van der Waals surface area contributed by atoms with Crippen LogP contribution in [0.4, 0.5) is 4.39 Å². The molecular weight excluding hydrogens is 235 g/mol. The van der Waals surface area contributed by atoms with Gasteiger partial charge in [0.1, 0.15) is 11.4 Å². The van der Waals surface area contributed by atoms with Crippen LogP contribution in [0.5, 0.6) is 0 Å². The normalized spacial score (nSPS) is 21.8. The van der Waals surface area contributed by atoms with E-state index in [9.17, 15) is 14.3 Å². The van der Waals surface area contributed by atoms with Gasteiger partial charge in [-0.2, -0.15) is 0 Å². The lowest BCUT2D eigenvalue weighted by molar-refractivity contribution is -0.149. The third kappa shape index (κ3) is 2.25. The zero-order valence-corrected chi connectivity index (χ0v) is 10.6. The van der Waals surface area contributed by atoms with Crippen molar-refractivity contribution in [2.75, 3.05) is 6.61 Å². The number of carbonyl (C=O) groups excluding carboxylic acids is 1. The van der Waals surface area contributed by atoms with Gasteiger partial charge in [-0.25, -0.2) is 4.39 Å². The van der Waals surface area contributed by atoms with Gasteiger partial charge in [0.2, 0.25) is 0 Å². The molecule has 1 atom stereocenters. The molecule has 0 aromatic heterocycles. The minimum absolute atomic E-state index is 0.114. The second kappa shape index (κ2) is 4.69. The molecule has 1 N–H and O–H groups in total. The molecule has 0 saturated heterocycles. The summed E-state index contributed by atoms with van der Waals surface area (Å²) in [7, 11) is 0. The van der Waals surface area contributed by atoms with Crippen LogP contribution in [0.1, 0.15) is 36.5 Å². The van der Waals surface area contributed by atoms with Gasteiger partial charge < -0.3 is 9.84 Å². The van der Waals surface area contributed by atoms with Crippen molar-refractivity contribution in [3.8, 4) is 0 Å². The molecule has 1 aromatic carbocycles. The van der Waals surface area contributed by atoms with E-state index >= 15 is 0 Å². The molecule has 0 amide bonds. The molecule has 2 rings (SSSR count). The van der Waals surface area contributed by atoms with E-state index in [0.29, 0.717) is 18.4 Å². The highest BCUT2D eigenvalue weighted by Crippen LogP contribution is 2.41. The Balaban J connectivity index is 2.32. The van der Waals surface area contributed by atoms with E-state index in [1.165, 1.54) is 12.1 Å². The zero-order chi connectivity index (χ0) is 13.3. The molecule has 0 fully saturated rings. The molecule has 0 unspecified atom stereocenters. The molecule has 3 nitrogen and oxygen atoms in total. The lowest BCUT2D eigenvalue weighted by Crippen LogP contribution is -2.27. The predicted molar refractivity (Wildman–Crippen MR) is 64.6 cm³/mol. The molecule has 1 aliphatic carbocycles. The quantitative estimate of drug-likeness (QED) is 0.839. The molecule has 18 heavy (non-hydrogen) atoms. The van der Waals surface area contributed by atoms with Crippen LogP contribution in [-0.2, 0) is 21.6 Å². The average molecular weight is 252 g/mol. The number of hydrogen-bond donors (Lipinski definition) is 1. The van der Waals surface area contributed by atoms with Gasteiger partial charge in [-0.1, -0.05) is 0 Å². The van der Waals surface area contributed by atoms with Crippen molar-refractivity contribution in [1.82, 2.24) is 0 Å². The van der Waals surface area contributed by atoms with Crippen LogP contribution in [0.3, 0.4) is 0 Å². The molecule has 98 valence electrons. The Hall–Kier alpha value is -1.42. The second-order valence-corrected chi connectivity index (χ2v) is 4.76. The number of aliphatic hydroxyl groups is 1. The molecule has 1 aromatic rings. The van der Waals surface area contributed by atoms with Crippen LogP contribution in [0.15, 0.2) is 12.1 Å². The van der Waals surface area contributed by atoms with Crippen LogP contribution < -0.4 is 0 Å². The topological polar surface area (TPSA) is 46.5 Å². The molecule has 1 aliphatic rings. The van der Waals surface area contributed by atoms with Gasteiger partial charge in [0.15, 0.2) is 0 Å². The van der Waals surface area contributed by atoms with Crippen molar-refractivity contribution in [2.24, 2.45) is 0 Å². The summed E-state index contributed by atoms with van der Waals surface area (Å²) < 4.78 is 18.3. The second-order valence-electron chi connectivity index (χ2n) is 4.76. The fourth-order valence-electron chi connectivity index (χ4n) is 2.62. The first-order chi connectivity index (χ1) is 8.46. The molecule has 0 saturated carbocycles. The average Bonchev–Trinajstić information content (AvgIpc) is 2.57. The first-order valence-corrected chi connectivity index (χ1v) is 6.14. The molecule has 4 heteroatoms. The number of rotatable bonds is 3. The van der Waals surface area contributed by atoms with E-state index in [-0.39, 0.29) is 18.8 Å². The molecule has 0 aliphatic heterocycles. The number of ether oxygens (including phenoxy) is 1. The Kier molecular flexibility index (Phi) is 3.39. The number of halogens is 1. The maximum Gasteiger partial charge on any atom is 0.309 e. The zero-order valence-electron chi connectivity index (χ0n) is 10.6. The number of aryl methyl sites for hydroxylation is 1. The minimum atomic E-state index is -1.28. The van der Waals surface area contributed by atoms with Gasteiger partial charge in [0.25, 0.3) is 0 Å². The van der Waals surface area contributed by atoms with Crippen molar-refractivity contribution >= 4 is 5.97 Å². The highest BCUT2D eigenvalue weighted by atomic mass is 19.1. The Morgan fingerprint density at radius 1 is 1.56 bits per heavy atom. The fraction of sp³-hybridized carbons (Fsp3) is 0.500. The Morgan fingerprint density at radius 3 is 2.94 bits per heavy atom. The van der Waals surface area contributed by atoms with E-state index in [1.54, 1.807) is 6.92 Å². The van der Waals surface area contributed by atoms with E-state index < -0.39 is 11.6 Å². The van der Waals surface area contributed by atoms with Gasteiger partial charge in [-0.15, -0.1) is 0 Å². The maximum atomic E-state index is 13.4. The Morgan fingerprint density at radius 2 is 2.28 bits per heavy atom. The summed E-state index contributed by atoms with van der Waals surface area (Å²) in [5.74, 6) is -0.829. The number of hydrogen-bond acceptors (Lipinski definition) is 3. The summed E-state index contributed by atoms with van der Waals surface area (Å²) in [6.45, 7) is 3.82. The van der Waals surface area contributed by atoms with E-state index in [1.807, 2.05) is 6.92 Å². The van der Waals surface area contributed by atoms with Crippen LogP contribution in [0.25, 0.3) is 0 Å². The van der Waals surface area contributed by atoms with Gasteiger partial charge in [0.05, 0.1) is 13.0 Å². The lowest BCUT2D eigenvalue weighted by atomic mass is 9.91. The van der Waals surface area contributed by atoms with Crippen molar-refractivity contribution in [2.45, 2.75) is 38.7 Å². The molecule has 0 heterocycles. The predicted octanol–water partition coefficient (Wildman–Crippen LogP) is 2.22. The third-order valence-electron chi connectivity index (χ3n) is 3.47. The van der Waals surface area contributed by atoms with Crippen LogP contribution >= 0.6 is 0 Å². The van der Waals surface area contributed by atoms with Crippen molar-refractivity contribution in [3.63, 3.8) is 0 Å². The number of esters is 1. The van der Waals surface area contributed by atoms with Crippen molar-refractivity contribution < 1.29 is 19.0 Å². The first kappa shape index (κ1) is 13.0. The van der Waals surface area contributed by atoms with Crippen LogP contribution in [-0.4, -0.2) is 17.7 Å². The van der Waals surface area contributed by atoms with Crippen LogP contribution in [0, 0.1) is 12.7 Å². The Labute approximate surface area is 106 Å². The van der Waals surface area contributed by atoms with Gasteiger partial charge in [-0.05, 0) is 55.5 Å². The maximum absolute atomic E-state index is 13.4. The summed E-state index contributed by atoms with van der Waals surface area (Å²) >= 11 is 0. The van der Waals surface area contributed by atoms with Gasteiger partial charge >= 0.3 is 5.97 Å². The summed E-state index contributed by atoms with van der Waals surface area (Å²) in [6.07, 6.45) is 0.986. The SMILES string of the molecule is CCOC(=O)C[C@]1(O)CCc2c(C)cc(F)cc21.